The van der Waals surface area contributed by atoms with E-state index in [4.69, 9.17) is 5.11 Å². The second kappa shape index (κ2) is 7.05. The van der Waals surface area contributed by atoms with Crippen LogP contribution < -0.4 is 10.6 Å². The lowest BCUT2D eigenvalue weighted by Crippen LogP contribution is -2.38. The number of aliphatic hydroxyl groups is 1. The highest BCUT2D eigenvalue weighted by molar-refractivity contribution is 7.19. The molecule has 7 heteroatoms. The van der Waals surface area contributed by atoms with E-state index in [0.717, 1.165) is 15.0 Å². The van der Waals surface area contributed by atoms with Crippen molar-refractivity contribution in [2.45, 2.75) is 12.5 Å². The zero-order valence-electron chi connectivity index (χ0n) is 11.2. The molecule has 0 saturated heterocycles. The van der Waals surface area contributed by atoms with Crippen LogP contribution in [0.2, 0.25) is 0 Å². The van der Waals surface area contributed by atoms with E-state index in [1.165, 1.54) is 11.3 Å². The third-order valence-corrected chi connectivity index (χ3v) is 4.07. The molecule has 1 aromatic carbocycles. The fourth-order valence-corrected chi connectivity index (χ4v) is 2.85. The Hall–Kier alpha value is -2.12. The highest BCUT2D eigenvalue weighted by atomic mass is 32.1. The predicted octanol–water partition coefficient (Wildman–Crippen LogP) is 1.71. The Morgan fingerprint density at radius 3 is 2.71 bits per heavy atom. The Balaban J connectivity index is 1.82. The third kappa shape index (κ3) is 4.44. The summed E-state index contributed by atoms with van der Waals surface area (Å²) in [6, 6.07) is 9.21. The number of urea groups is 1. The fourth-order valence-electron chi connectivity index (χ4n) is 1.80. The standard InChI is InChI=1S/C14H16N2O4S/c17-10(8-16-14(20)15-6-5-13(18)19)12-7-9-3-1-2-4-11(9)21-12/h1-4,7,10,17H,5-6,8H2,(H,18,19)(H2,15,16,20). The van der Waals surface area contributed by atoms with Gasteiger partial charge in [-0.2, -0.15) is 0 Å². The number of rotatable bonds is 6. The number of hydrogen-bond donors (Lipinski definition) is 4. The number of carboxylic acid groups (broad SMARTS) is 1. The maximum Gasteiger partial charge on any atom is 0.314 e. The number of carbonyl (C=O) groups is 2. The van der Waals surface area contributed by atoms with Crippen molar-refractivity contribution >= 4 is 33.4 Å². The summed E-state index contributed by atoms with van der Waals surface area (Å²) >= 11 is 1.48. The number of hydrogen-bond acceptors (Lipinski definition) is 4. The normalized spacial score (nSPS) is 12.0. The molecule has 1 heterocycles. The number of nitrogens with one attached hydrogen (secondary N) is 2. The Labute approximate surface area is 125 Å². The first kappa shape index (κ1) is 15.3. The zero-order chi connectivity index (χ0) is 15.2. The molecule has 0 saturated carbocycles. The molecular formula is C14H16N2O4S. The van der Waals surface area contributed by atoms with Crippen LogP contribution in [0.15, 0.2) is 30.3 Å². The molecule has 0 aliphatic carbocycles. The van der Waals surface area contributed by atoms with Crippen LogP contribution in [0.3, 0.4) is 0 Å². The van der Waals surface area contributed by atoms with Crippen molar-refractivity contribution in [1.29, 1.82) is 0 Å². The molecule has 21 heavy (non-hydrogen) atoms. The Bertz CT molecular complexity index is 608. The van der Waals surface area contributed by atoms with Gasteiger partial charge in [0, 0.05) is 16.1 Å². The minimum Gasteiger partial charge on any atom is -0.481 e. The van der Waals surface area contributed by atoms with E-state index >= 15 is 0 Å². The quantitative estimate of drug-likeness (QED) is 0.653. The lowest BCUT2D eigenvalue weighted by molar-refractivity contribution is -0.136. The molecule has 2 rings (SSSR count). The summed E-state index contributed by atoms with van der Waals surface area (Å²) in [4.78, 5) is 22.5. The lowest BCUT2D eigenvalue weighted by Gasteiger charge is -2.10. The van der Waals surface area contributed by atoms with Crippen LogP contribution in [-0.4, -0.2) is 35.3 Å². The minimum absolute atomic E-state index is 0.0557. The Kier molecular flexibility index (Phi) is 5.13. The van der Waals surface area contributed by atoms with Gasteiger partial charge in [-0.05, 0) is 17.5 Å². The molecule has 6 nitrogen and oxygen atoms in total. The molecule has 0 bridgehead atoms. The number of fused-ring (bicyclic) bond motifs is 1. The van der Waals surface area contributed by atoms with Crippen molar-refractivity contribution in [3.8, 4) is 0 Å². The molecule has 0 spiro atoms. The molecule has 2 amide bonds. The average Bonchev–Trinajstić information content (AvgIpc) is 2.88. The van der Waals surface area contributed by atoms with Gasteiger partial charge in [-0.3, -0.25) is 4.79 Å². The van der Waals surface area contributed by atoms with Crippen molar-refractivity contribution in [3.05, 3.63) is 35.2 Å². The summed E-state index contributed by atoms with van der Waals surface area (Å²) < 4.78 is 1.08. The van der Waals surface area contributed by atoms with Gasteiger partial charge >= 0.3 is 12.0 Å². The molecule has 0 aliphatic heterocycles. The number of carboxylic acids is 1. The van der Waals surface area contributed by atoms with Crippen LogP contribution in [-0.2, 0) is 4.79 Å². The second-order valence-corrected chi connectivity index (χ2v) is 5.60. The van der Waals surface area contributed by atoms with Gasteiger partial charge in [0.1, 0.15) is 6.10 Å². The number of thiophene rings is 1. The van der Waals surface area contributed by atoms with Crippen LogP contribution in [0.1, 0.15) is 17.4 Å². The zero-order valence-corrected chi connectivity index (χ0v) is 12.0. The minimum atomic E-state index is -0.972. The Morgan fingerprint density at radius 2 is 2.00 bits per heavy atom. The van der Waals surface area contributed by atoms with E-state index in [-0.39, 0.29) is 19.5 Å². The van der Waals surface area contributed by atoms with E-state index in [9.17, 15) is 14.7 Å². The van der Waals surface area contributed by atoms with E-state index in [1.54, 1.807) is 0 Å². The summed E-state index contributed by atoms with van der Waals surface area (Å²) in [5.74, 6) is -0.972. The summed E-state index contributed by atoms with van der Waals surface area (Å²) in [5.41, 5.74) is 0. The SMILES string of the molecule is O=C(O)CCNC(=O)NCC(O)c1cc2ccccc2s1. The number of aliphatic hydroxyl groups excluding tert-OH is 1. The topological polar surface area (TPSA) is 98.7 Å². The van der Waals surface area contributed by atoms with Crippen molar-refractivity contribution in [1.82, 2.24) is 10.6 Å². The summed E-state index contributed by atoms with van der Waals surface area (Å²) in [5, 5.41) is 24.5. The van der Waals surface area contributed by atoms with Crippen LogP contribution in [0.4, 0.5) is 4.79 Å². The lowest BCUT2D eigenvalue weighted by atomic mass is 10.2. The van der Waals surface area contributed by atoms with Crippen molar-refractivity contribution in [3.63, 3.8) is 0 Å². The van der Waals surface area contributed by atoms with Crippen LogP contribution >= 0.6 is 11.3 Å². The molecule has 0 aliphatic rings. The monoisotopic (exact) mass is 308 g/mol. The van der Waals surface area contributed by atoms with Crippen LogP contribution in [0.5, 0.6) is 0 Å². The van der Waals surface area contributed by atoms with Gasteiger partial charge < -0.3 is 20.8 Å². The molecule has 1 atom stereocenters. The van der Waals surface area contributed by atoms with Crippen LogP contribution in [0, 0.1) is 0 Å². The molecule has 0 fully saturated rings. The number of amides is 2. The average molecular weight is 308 g/mol. The van der Waals surface area contributed by atoms with Gasteiger partial charge in [-0.25, -0.2) is 4.79 Å². The molecule has 2 aromatic rings. The molecule has 1 aromatic heterocycles. The van der Waals surface area contributed by atoms with E-state index in [0.29, 0.717) is 0 Å². The second-order valence-electron chi connectivity index (χ2n) is 4.48. The largest absolute Gasteiger partial charge is 0.481 e. The molecule has 1 unspecified atom stereocenters. The smallest absolute Gasteiger partial charge is 0.314 e. The van der Waals surface area contributed by atoms with Gasteiger partial charge in [0.2, 0.25) is 0 Å². The van der Waals surface area contributed by atoms with Gasteiger partial charge in [0.25, 0.3) is 0 Å². The van der Waals surface area contributed by atoms with Crippen molar-refractivity contribution in [2.75, 3.05) is 13.1 Å². The maximum absolute atomic E-state index is 11.4. The predicted molar refractivity (Wildman–Crippen MR) is 80.4 cm³/mol. The summed E-state index contributed by atoms with van der Waals surface area (Å²) in [6.07, 6.45) is -0.917. The highest BCUT2D eigenvalue weighted by Gasteiger charge is 2.12. The highest BCUT2D eigenvalue weighted by Crippen LogP contribution is 2.29. The summed E-state index contributed by atoms with van der Waals surface area (Å²) in [7, 11) is 0. The molecule has 112 valence electrons. The fraction of sp³-hybridized carbons (Fsp3) is 0.286. The molecule has 4 N–H and O–H groups in total. The van der Waals surface area contributed by atoms with Crippen molar-refractivity contribution in [2.24, 2.45) is 0 Å². The van der Waals surface area contributed by atoms with Gasteiger partial charge in [0.05, 0.1) is 13.0 Å². The van der Waals surface area contributed by atoms with Gasteiger partial charge in [-0.15, -0.1) is 11.3 Å². The summed E-state index contributed by atoms with van der Waals surface area (Å²) in [6.45, 7) is 0.131. The number of benzene rings is 1. The number of aliphatic carboxylic acids is 1. The first-order valence-corrected chi connectivity index (χ1v) is 7.28. The van der Waals surface area contributed by atoms with Crippen molar-refractivity contribution < 1.29 is 19.8 Å². The van der Waals surface area contributed by atoms with Gasteiger partial charge in [0.15, 0.2) is 0 Å². The molecule has 0 radical (unpaired) electrons. The van der Waals surface area contributed by atoms with E-state index in [2.05, 4.69) is 10.6 Å². The first-order valence-electron chi connectivity index (χ1n) is 6.46. The van der Waals surface area contributed by atoms with E-state index < -0.39 is 18.1 Å². The first-order chi connectivity index (χ1) is 10.1. The maximum atomic E-state index is 11.4. The molecular weight excluding hydrogens is 292 g/mol. The van der Waals surface area contributed by atoms with Crippen LogP contribution in [0.25, 0.3) is 10.1 Å². The number of carbonyl (C=O) groups excluding carboxylic acids is 1. The van der Waals surface area contributed by atoms with E-state index in [1.807, 2.05) is 30.3 Å². The third-order valence-electron chi connectivity index (χ3n) is 2.85. The Morgan fingerprint density at radius 1 is 1.24 bits per heavy atom. The van der Waals surface area contributed by atoms with Gasteiger partial charge in [-0.1, -0.05) is 18.2 Å².